The highest BCUT2D eigenvalue weighted by Gasteiger charge is 2.17. The molecule has 0 amide bonds. The second-order valence-electron chi connectivity index (χ2n) is 4.31. The molecule has 0 spiro atoms. The highest BCUT2D eigenvalue weighted by molar-refractivity contribution is 14.1. The highest BCUT2D eigenvalue weighted by Crippen LogP contribution is 2.27. The summed E-state index contributed by atoms with van der Waals surface area (Å²) in [5, 5.41) is 0.578. The van der Waals surface area contributed by atoms with E-state index in [4.69, 9.17) is 17.3 Å². The molecule has 1 unspecified atom stereocenters. The van der Waals surface area contributed by atoms with Gasteiger partial charge in [0.15, 0.2) is 0 Å². The summed E-state index contributed by atoms with van der Waals surface area (Å²) in [6.45, 7) is 0. The number of nitrogens with two attached hydrogens (primary N) is 1. The Hall–Kier alpha value is -0.240. The minimum atomic E-state index is -0.614. The van der Waals surface area contributed by atoms with Crippen LogP contribution in [-0.4, -0.2) is 0 Å². The molecule has 20 heavy (non-hydrogen) atoms. The number of benzene rings is 2. The van der Waals surface area contributed by atoms with Gasteiger partial charge in [-0.3, -0.25) is 0 Å². The van der Waals surface area contributed by atoms with E-state index < -0.39 is 17.7 Å². The summed E-state index contributed by atoms with van der Waals surface area (Å²) in [6.07, 6.45) is 0.0635. The van der Waals surface area contributed by atoms with Gasteiger partial charge in [0.25, 0.3) is 0 Å². The van der Waals surface area contributed by atoms with E-state index in [0.717, 1.165) is 9.13 Å². The van der Waals surface area contributed by atoms with Crippen molar-refractivity contribution in [3.05, 3.63) is 66.2 Å². The molecule has 2 rings (SSSR count). The quantitative estimate of drug-likeness (QED) is 0.481. The summed E-state index contributed by atoms with van der Waals surface area (Å²) < 4.78 is 28.7. The van der Waals surface area contributed by atoms with Gasteiger partial charge in [-0.2, -0.15) is 0 Å². The standard InChI is InChI=1S/C14H10BrClF2IN/c15-9-2-3-11(17)8(14(9)18)6-13(20)7-1-4-12(19)10(16)5-7/h1-5,13H,6,20H2. The molecule has 106 valence electrons. The van der Waals surface area contributed by atoms with Crippen LogP contribution in [0.4, 0.5) is 8.78 Å². The van der Waals surface area contributed by atoms with Crippen molar-refractivity contribution in [2.24, 2.45) is 5.73 Å². The molecule has 0 bridgehead atoms. The maximum absolute atomic E-state index is 13.9. The van der Waals surface area contributed by atoms with E-state index in [2.05, 4.69) is 38.5 Å². The van der Waals surface area contributed by atoms with Gasteiger partial charge in [-0.15, -0.1) is 0 Å². The minimum absolute atomic E-state index is 0.0263. The molecule has 0 aliphatic carbocycles. The van der Waals surface area contributed by atoms with E-state index in [0.29, 0.717) is 5.02 Å². The topological polar surface area (TPSA) is 26.0 Å². The van der Waals surface area contributed by atoms with Crippen molar-refractivity contribution in [1.29, 1.82) is 0 Å². The van der Waals surface area contributed by atoms with Crippen molar-refractivity contribution < 1.29 is 8.78 Å². The second-order valence-corrected chi connectivity index (χ2v) is 6.73. The number of hydrogen-bond donors (Lipinski definition) is 1. The van der Waals surface area contributed by atoms with E-state index in [9.17, 15) is 8.78 Å². The summed E-state index contributed by atoms with van der Waals surface area (Å²) >= 11 is 11.2. The maximum atomic E-state index is 13.9. The third-order valence-corrected chi connectivity index (χ3v) is 5.12. The van der Waals surface area contributed by atoms with Gasteiger partial charge >= 0.3 is 0 Å². The van der Waals surface area contributed by atoms with E-state index in [1.807, 2.05) is 12.1 Å². The summed E-state index contributed by atoms with van der Waals surface area (Å²) in [5.41, 5.74) is 6.74. The fraction of sp³-hybridized carbons (Fsp3) is 0.143. The predicted octanol–water partition coefficient (Wildman–Crippen LogP) is 5.23. The Morgan fingerprint density at radius 2 is 1.95 bits per heavy atom. The van der Waals surface area contributed by atoms with Crippen LogP contribution in [0, 0.1) is 15.2 Å². The van der Waals surface area contributed by atoms with Gasteiger partial charge in [-0.25, -0.2) is 8.78 Å². The molecule has 0 heterocycles. The first kappa shape index (κ1) is 16.1. The van der Waals surface area contributed by atoms with Crippen LogP contribution < -0.4 is 5.73 Å². The lowest BCUT2D eigenvalue weighted by atomic mass is 9.99. The molecule has 0 saturated carbocycles. The molecule has 2 N–H and O–H groups in total. The third kappa shape index (κ3) is 3.50. The number of rotatable bonds is 3. The average Bonchev–Trinajstić information content (AvgIpc) is 2.42. The van der Waals surface area contributed by atoms with Crippen molar-refractivity contribution in [2.75, 3.05) is 0 Å². The summed E-state index contributed by atoms with van der Waals surface area (Å²) in [7, 11) is 0. The lowest BCUT2D eigenvalue weighted by Crippen LogP contribution is -2.15. The smallest absolute Gasteiger partial charge is 0.143 e. The molecule has 0 fully saturated rings. The van der Waals surface area contributed by atoms with Crippen LogP contribution in [0.1, 0.15) is 17.2 Å². The zero-order valence-corrected chi connectivity index (χ0v) is 14.6. The fourth-order valence-corrected chi connectivity index (χ4v) is 2.73. The average molecular weight is 472 g/mol. The molecule has 2 aromatic rings. The molecule has 1 atom stereocenters. The van der Waals surface area contributed by atoms with Crippen molar-refractivity contribution in [3.63, 3.8) is 0 Å². The Morgan fingerprint density at radius 1 is 1.25 bits per heavy atom. The van der Waals surface area contributed by atoms with Gasteiger partial charge in [0.05, 0.1) is 9.50 Å². The predicted molar refractivity (Wildman–Crippen MR) is 88.9 cm³/mol. The number of hydrogen-bond acceptors (Lipinski definition) is 1. The second kappa shape index (κ2) is 6.68. The summed E-state index contributed by atoms with van der Waals surface area (Å²) in [5.74, 6) is -1.21. The van der Waals surface area contributed by atoms with Gasteiger partial charge in [-0.05, 0) is 74.8 Å². The third-order valence-electron chi connectivity index (χ3n) is 2.93. The first-order valence-corrected chi connectivity index (χ1v) is 7.98. The van der Waals surface area contributed by atoms with Gasteiger partial charge in [-0.1, -0.05) is 17.7 Å². The van der Waals surface area contributed by atoms with E-state index >= 15 is 0 Å². The first-order chi connectivity index (χ1) is 9.40. The van der Waals surface area contributed by atoms with Crippen LogP contribution in [0.3, 0.4) is 0 Å². The highest BCUT2D eigenvalue weighted by atomic mass is 127. The summed E-state index contributed by atoms with van der Waals surface area (Å²) in [4.78, 5) is 0. The van der Waals surface area contributed by atoms with Gasteiger partial charge in [0.2, 0.25) is 0 Å². The van der Waals surface area contributed by atoms with Crippen LogP contribution >= 0.6 is 50.1 Å². The van der Waals surface area contributed by atoms with Crippen LogP contribution in [0.2, 0.25) is 5.02 Å². The Kier molecular flexibility index (Phi) is 5.39. The van der Waals surface area contributed by atoms with Gasteiger partial charge < -0.3 is 5.73 Å². The van der Waals surface area contributed by atoms with Crippen LogP contribution in [0.5, 0.6) is 0 Å². The maximum Gasteiger partial charge on any atom is 0.143 e. The van der Waals surface area contributed by atoms with E-state index in [-0.39, 0.29) is 16.5 Å². The van der Waals surface area contributed by atoms with Crippen molar-refractivity contribution in [1.82, 2.24) is 0 Å². The Balaban J connectivity index is 2.30. The van der Waals surface area contributed by atoms with Crippen molar-refractivity contribution >= 4 is 50.1 Å². The van der Waals surface area contributed by atoms with Crippen LogP contribution in [-0.2, 0) is 6.42 Å². The lowest BCUT2D eigenvalue weighted by Gasteiger charge is -2.14. The Morgan fingerprint density at radius 3 is 2.60 bits per heavy atom. The number of halogens is 5. The normalized spacial score (nSPS) is 12.5. The molecule has 2 aromatic carbocycles. The molecule has 1 nitrogen and oxygen atoms in total. The molecular formula is C14H10BrClF2IN. The molecule has 0 aliphatic heterocycles. The SMILES string of the molecule is NC(Cc1c(F)ccc(Br)c1F)c1ccc(I)c(Cl)c1. The van der Waals surface area contributed by atoms with Crippen LogP contribution in [0.15, 0.2) is 34.8 Å². The molecule has 6 heteroatoms. The van der Waals surface area contributed by atoms with Crippen LogP contribution in [0.25, 0.3) is 0 Å². The van der Waals surface area contributed by atoms with Crippen molar-refractivity contribution in [2.45, 2.75) is 12.5 Å². The lowest BCUT2D eigenvalue weighted by molar-refractivity contribution is 0.536. The zero-order chi connectivity index (χ0) is 14.9. The van der Waals surface area contributed by atoms with Gasteiger partial charge in [0, 0.05) is 15.2 Å². The zero-order valence-electron chi connectivity index (χ0n) is 10.1. The molecule has 0 aromatic heterocycles. The minimum Gasteiger partial charge on any atom is -0.324 e. The van der Waals surface area contributed by atoms with Crippen molar-refractivity contribution in [3.8, 4) is 0 Å². The molecule has 0 radical (unpaired) electrons. The Bertz CT molecular complexity index is 651. The fourth-order valence-electron chi connectivity index (χ4n) is 1.84. The van der Waals surface area contributed by atoms with Gasteiger partial charge in [0.1, 0.15) is 11.6 Å². The van der Waals surface area contributed by atoms with E-state index in [1.165, 1.54) is 12.1 Å². The van der Waals surface area contributed by atoms with E-state index in [1.54, 1.807) is 6.07 Å². The largest absolute Gasteiger partial charge is 0.324 e. The molecule has 0 saturated heterocycles. The molecular weight excluding hydrogens is 462 g/mol. The molecule has 0 aliphatic rings. The monoisotopic (exact) mass is 471 g/mol. The summed E-state index contributed by atoms with van der Waals surface area (Å²) in [6, 6.07) is 7.39. The first-order valence-electron chi connectivity index (χ1n) is 5.73. The Labute approximate surface area is 142 Å².